The molecule has 1 aromatic carbocycles. The summed E-state index contributed by atoms with van der Waals surface area (Å²) >= 11 is 6.29. The molecule has 1 aliphatic heterocycles. The van der Waals surface area contributed by atoms with Gasteiger partial charge in [0.25, 0.3) is 0 Å². The van der Waals surface area contributed by atoms with Gasteiger partial charge in [0.15, 0.2) is 0 Å². The Morgan fingerprint density at radius 2 is 2.07 bits per heavy atom. The first kappa shape index (κ1) is 18.1. The number of methoxy groups -OCH3 is 1. The maximum absolute atomic E-state index is 9.75. The summed E-state index contributed by atoms with van der Waals surface area (Å²) in [5.41, 5.74) is 10.3. The van der Waals surface area contributed by atoms with Gasteiger partial charge in [-0.15, -0.1) is 0 Å². The number of aromatic nitrogens is 2. The number of piperidine rings is 1. The highest BCUT2D eigenvalue weighted by Gasteiger charge is 2.18. The second-order valence-corrected chi connectivity index (χ2v) is 7.31. The summed E-state index contributed by atoms with van der Waals surface area (Å²) in [6.07, 6.45) is 5.98. The standard InChI is InChI=1S/C20H23ClN4O2/c1-27-19-8-13(12-26)16(10-17(19)21)18-11-25-7-4-15(9-20(25)23-18)24-5-2-14(22)3-6-24/h4,7-11,14,26H,2-3,5-6,12,22H2,1H3. The third kappa shape index (κ3) is 3.48. The summed E-state index contributed by atoms with van der Waals surface area (Å²) in [6.45, 7) is 1.82. The molecule has 1 fully saturated rings. The van der Waals surface area contributed by atoms with Crippen molar-refractivity contribution in [3.05, 3.63) is 47.2 Å². The van der Waals surface area contributed by atoms with Crippen molar-refractivity contribution >= 4 is 22.9 Å². The van der Waals surface area contributed by atoms with Crippen LogP contribution in [0.2, 0.25) is 5.02 Å². The van der Waals surface area contributed by atoms with Crippen molar-refractivity contribution < 1.29 is 9.84 Å². The Bertz CT molecular complexity index is 964. The molecule has 0 amide bonds. The summed E-state index contributed by atoms with van der Waals surface area (Å²) in [4.78, 5) is 7.11. The van der Waals surface area contributed by atoms with Crippen LogP contribution in [0.1, 0.15) is 18.4 Å². The summed E-state index contributed by atoms with van der Waals surface area (Å²) in [5.74, 6) is 0.541. The highest BCUT2D eigenvalue weighted by atomic mass is 35.5. The zero-order valence-corrected chi connectivity index (χ0v) is 16.0. The topological polar surface area (TPSA) is 76.0 Å². The van der Waals surface area contributed by atoms with Crippen LogP contribution in [0.5, 0.6) is 5.75 Å². The molecule has 0 radical (unpaired) electrons. The molecule has 0 saturated carbocycles. The van der Waals surface area contributed by atoms with Crippen LogP contribution in [0, 0.1) is 0 Å². The lowest BCUT2D eigenvalue weighted by molar-refractivity contribution is 0.281. The fourth-order valence-corrected chi connectivity index (χ4v) is 3.82. The van der Waals surface area contributed by atoms with E-state index in [9.17, 15) is 5.11 Å². The lowest BCUT2D eigenvalue weighted by atomic mass is 10.1. The number of aliphatic hydroxyl groups is 1. The number of nitrogens with zero attached hydrogens (tertiary/aromatic N) is 3. The number of hydrogen-bond donors (Lipinski definition) is 2. The summed E-state index contributed by atoms with van der Waals surface area (Å²) in [7, 11) is 1.56. The molecule has 2 aromatic heterocycles. The first-order valence-electron chi connectivity index (χ1n) is 9.06. The first-order valence-corrected chi connectivity index (χ1v) is 9.43. The molecule has 6 nitrogen and oxygen atoms in total. The Balaban J connectivity index is 1.71. The van der Waals surface area contributed by atoms with Crippen LogP contribution >= 0.6 is 11.6 Å². The number of ether oxygens (including phenoxy) is 1. The van der Waals surface area contributed by atoms with Gasteiger partial charge in [-0.25, -0.2) is 4.98 Å². The predicted octanol–water partition coefficient (Wildman–Crippen LogP) is 3.08. The number of aliphatic hydroxyl groups excluding tert-OH is 1. The van der Waals surface area contributed by atoms with Gasteiger partial charge < -0.3 is 24.9 Å². The maximum Gasteiger partial charge on any atom is 0.139 e. The Labute approximate surface area is 163 Å². The van der Waals surface area contributed by atoms with E-state index in [0.717, 1.165) is 54.1 Å². The minimum absolute atomic E-state index is 0.115. The number of imidazole rings is 1. The normalized spacial score (nSPS) is 15.5. The molecule has 27 heavy (non-hydrogen) atoms. The van der Waals surface area contributed by atoms with E-state index < -0.39 is 0 Å². The van der Waals surface area contributed by atoms with E-state index in [2.05, 4.69) is 17.0 Å². The molecule has 1 aliphatic rings. The van der Waals surface area contributed by atoms with Gasteiger partial charge in [0.05, 0.1) is 24.4 Å². The minimum atomic E-state index is -0.115. The monoisotopic (exact) mass is 386 g/mol. The molecule has 0 atom stereocenters. The molecule has 0 bridgehead atoms. The first-order chi connectivity index (χ1) is 13.1. The van der Waals surface area contributed by atoms with Crippen LogP contribution in [0.25, 0.3) is 16.9 Å². The fraction of sp³-hybridized carbons (Fsp3) is 0.350. The Morgan fingerprint density at radius 3 is 2.78 bits per heavy atom. The average Bonchev–Trinajstić information content (AvgIpc) is 3.11. The number of benzene rings is 1. The number of halogens is 1. The van der Waals surface area contributed by atoms with Crippen molar-refractivity contribution in [3.63, 3.8) is 0 Å². The van der Waals surface area contributed by atoms with E-state index in [1.807, 2.05) is 16.8 Å². The third-order valence-electron chi connectivity index (χ3n) is 5.17. The molecular weight excluding hydrogens is 364 g/mol. The van der Waals surface area contributed by atoms with E-state index in [1.54, 1.807) is 19.2 Å². The van der Waals surface area contributed by atoms with E-state index in [1.165, 1.54) is 0 Å². The van der Waals surface area contributed by atoms with Gasteiger partial charge in [-0.05, 0) is 36.6 Å². The molecule has 3 aromatic rings. The second kappa shape index (κ2) is 7.38. The number of anilines is 1. The molecule has 142 valence electrons. The second-order valence-electron chi connectivity index (χ2n) is 6.90. The summed E-state index contributed by atoms with van der Waals surface area (Å²) in [5, 5.41) is 10.2. The molecule has 3 N–H and O–H groups in total. The van der Waals surface area contributed by atoms with Gasteiger partial charge >= 0.3 is 0 Å². The Hall–Kier alpha value is -2.28. The van der Waals surface area contributed by atoms with Crippen molar-refractivity contribution in [2.24, 2.45) is 5.73 Å². The minimum Gasteiger partial charge on any atom is -0.495 e. The van der Waals surface area contributed by atoms with Crippen LogP contribution < -0.4 is 15.4 Å². The molecule has 1 saturated heterocycles. The molecule has 7 heteroatoms. The van der Waals surface area contributed by atoms with Gasteiger partial charge in [-0.1, -0.05) is 11.6 Å². The smallest absolute Gasteiger partial charge is 0.139 e. The molecule has 4 rings (SSSR count). The van der Waals surface area contributed by atoms with Crippen molar-refractivity contribution in [1.82, 2.24) is 9.38 Å². The number of rotatable bonds is 4. The largest absolute Gasteiger partial charge is 0.495 e. The van der Waals surface area contributed by atoms with Crippen LogP contribution in [-0.2, 0) is 6.61 Å². The number of fused-ring (bicyclic) bond motifs is 1. The lowest BCUT2D eigenvalue weighted by Gasteiger charge is -2.31. The zero-order chi connectivity index (χ0) is 19.0. The molecular formula is C20H23ClN4O2. The molecule has 3 heterocycles. The summed E-state index contributed by atoms with van der Waals surface area (Å²) in [6, 6.07) is 8.04. The summed E-state index contributed by atoms with van der Waals surface area (Å²) < 4.78 is 7.22. The van der Waals surface area contributed by atoms with Crippen LogP contribution in [0.3, 0.4) is 0 Å². The van der Waals surface area contributed by atoms with Crippen molar-refractivity contribution in [2.45, 2.75) is 25.5 Å². The van der Waals surface area contributed by atoms with E-state index in [0.29, 0.717) is 16.8 Å². The zero-order valence-electron chi connectivity index (χ0n) is 15.2. The van der Waals surface area contributed by atoms with Crippen LogP contribution in [0.4, 0.5) is 5.69 Å². The highest BCUT2D eigenvalue weighted by molar-refractivity contribution is 6.32. The maximum atomic E-state index is 9.75. The third-order valence-corrected chi connectivity index (χ3v) is 5.47. The predicted molar refractivity (Wildman–Crippen MR) is 108 cm³/mol. The highest BCUT2D eigenvalue weighted by Crippen LogP contribution is 2.34. The number of pyridine rings is 1. The van der Waals surface area contributed by atoms with Gasteiger partial charge in [0.1, 0.15) is 11.4 Å². The quantitative estimate of drug-likeness (QED) is 0.720. The van der Waals surface area contributed by atoms with Gasteiger partial charge in [-0.3, -0.25) is 0 Å². The van der Waals surface area contributed by atoms with Crippen molar-refractivity contribution in [3.8, 4) is 17.0 Å². The number of nitrogens with two attached hydrogens (primary N) is 1. The molecule has 0 spiro atoms. The SMILES string of the molecule is COc1cc(CO)c(-c2cn3ccc(N4CCC(N)CC4)cc3n2)cc1Cl. The van der Waals surface area contributed by atoms with Crippen molar-refractivity contribution in [2.75, 3.05) is 25.1 Å². The van der Waals surface area contributed by atoms with E-state index >= 15 is 0 Å². The fourth-order valence-electron chi connectivity index (χ4n) is 3.58. The molecule has 0 aliphatic carbocycles. The lowest BCUT2D eigenvalue weighted by Crippen LogP contribution is -2.39. The van der Waals surface area contributed by atoms with Gasteiger partial charge in [0.2, 0.25) is 0 Å². The molecule has 0 unspecified atom stereocenters. The van der Waals surface area contributed by atoms with E-state index in [-0.39, 0.29) is 6.61 Å². The van der Waals surface area contributed by atoms with Crippen LogP contribution in [0.15, 0.2) is 36.7 Å². The van der Waals surface area contributed by atoms with Gasteiger partial charge in [-0.2, -0.15) is 0 Å². The number of hydrogen-bond acceptors (Lipinski definition) is 5. The van der Waals surface area contributed by atoms with Crippen LogP contribution in [-0.4, -0.2) is 40.7 Å². The Morgan fingerprint density at radius 1 is 1.30 bits per heavy atom. The Kier molecular flexibility index (Phi) is 4.95. The average molecular weight is 387 g/mol. The van der Waals surface area contributed by atoms with Crippen molar-refractivity contribution in [1.29, 1.82) is 0 Å². The van der Waals surface area contributed by atoms with Gasteiger partial charge in [0, 0.05) is 48.8 Å². The van der Waals surface area contributed by atoms with E-state index in [4.69, 9.17) is 27.1 Å².